The highest BCUT2D eigenvalue weighted by atomic mass is 35.5. The largest absolute Gasteiger partial charge is 0.490 e. The van der Waals surface area contributed by atoms with E-state index in [9.17, 15) is 0 Å². The summed E-state index contributed by atoms with van der Waals surface area (Å²) in [5, 5.41) is 5.45. The number of hydrogen-bond acceptors (Lipinski definition) is 4. The number of hydrogen-bond donors (Lipinski definition) is 1. The lowest BCUT2D eigenvalue weighted by Crippen LogP contribution is -2.08. The monoisotopic (exact) mass is 380 g/mol. The molecular weight excluding hydrogens is 359 g/mol. The van der Waals surface area contributed by atoms with Crippen molar-refractivity contribution < 1.29 is 9.47 Å². The van der Waals surface area contributed by atoms with Crippen LogP contribution in [0.5, 0.6) is 11.5 Å². The van der Waals surface area contributed by atoms with E-state index in [4.69, 9.17) is 32.7 Å². The van der Waals surface area contributed by atoms with Gasteiger partial charge in [-0.2, -0.15) is 5.10 Å². The summed E-state index contributed by atoms with van der Waals surface area (Å²) in [5.41, 5.74) is 4.68. The smallest absolute Gasteiger partial charge is 0.161 e. The molecule has 0 amide bonds. The fourth-order valence-electron chi connectivity index (χ4n) is 2.17. The molecule has 0 saturated heterocycles. The predicted molar refractivity (Wildman–Crippen MR) is 104 cm³/mol. The standard InChI is InChI=1S/C19H22Cl2N2O2/c1-4-24-19-10-14(8-9-18(19)25-13(2)3)11-22-23-12-15-16(20)6-5-7-17(15)21/h5-11,13,23H,4,12H2,1-3H3/b22-11+. The van der Waals surface area contributed by atoms with E-state index >= 15 is 0 Å². The van der Waals surface area contributed by atoms with E-state index in [0.717, 1.165) is 16.9 Å². The van der Waals surface area contributed by atoms with E-state index in [1.54, 1.807) is 18.3 Å². The molecule has 0 aliphatic heterocycles. The van der Waals surface area contributed by atoms with Gasteiger partial charge in [0.15, 0.2) is 11.5 Å². The third-order valence-corrected chi connectivity index (χ3v) is 3.96. The summed E-state index contributed by atoms with van der Waals surface area (Å²) in [4.78, 5) is 0. The zero-order valence-electron chi connectivity index (χ0n) is 14.6. The second-order valence-corrected chi connectivity index (χ2v) is 6.41. The Morgan fingerprint density at radius 3 is 2.48 bits per heavy atom. The topological polar surface area (TPSA) is 42.8 Å². The molecule has 0 heterocycles. The van der Waals surface area contributed by atoms with Crippen LogP contribution in [0.3, 0.4) is 0 Å². The van der Waals surface area contributed by atoms with Gasteiger partial charge < -0.3 is 14.9 Å². The molecule has 0 saturated carbocycles. The van der Waals surface area contributed by atoms with Crippen LogP contribution in [0.4, 0.5) is 0 Å². The Labute approximate surface area is 158 Å². The summed E-state index contributed by atoms with van der Waals surface area (Å²) < 4.78 is 11.4. The Morgan fingerprint density at radius 1 is 1.12 bits per heavy atom. The number of benzene rings is 2. The maximum atomic E-state index is 6.13. The fourth-order valence-corrected chi connectivity index (χ4v) is 2.70. The van der Waals surface area contributed by atoms with Gasteiger partial charge >= 0.3 is 0 Å². The van der Waals surface area contributed by atoms with E-state index in [0.29, 0.717) is 28.9 Å². The highest BCUT2D eigenvalue weighted by Crippen LogP contribution is 2.29. The van der Waals surface area contributed by atoms with Crippen molar-refractivity contribution in [1.29, 1.82) is 0 Å². The summed E-state index contributed by atoms with van der Waals surface area (Å²) in [6.45, 7) is 6.92. The third-order valence-electron chi connectivity index (χ3n) is 3.25. The number of nitrogens with zero attached hydrogens (tertiary/aromatic N) is 1. The molecule has 0 atom stereocenters. The zero-order chi connectivity index (χ0) is 18.2. The van der Waals surface area contributed by atoms with E-state index < -0.39 is 0 Å². The first kappa shape index (κ1) is 19.4. The number of hydrazone groups is 1. The van der Waals surface area contributed by atoms with Gasteiger partial charge in [0, 0.05) is 15.6 Å². The molecule has 2 aromatic carbocycles. The lowest BCUT2D eigenvalue weighted by Gasteiger charge is -2.14. The molecule has 0 aliphatic carbocycles. The molecule has 134 valence electrons. The molecule has 0 aliphatic rings. The predicted octanol–water partition coefficient (Wildman–Crippen LogP) is 5.30. The average molecular weight is 381 g/mol. The fraction of sp³-hybridized carbons (Fsp3) is 0.316. The van der Waals surface area contributed by atoms with Gasteiger partial charge in [0.2, 0.25) is 0 Å². The van der Waals surface area contributed by atoms with Gasteiger partial charge in [-0.15, -0.1) is 0 Å². The summed E-state index contributed by atoms with van der Waals surface area (Å²) in [6.07, 6.45) is 1.80. The van der Waals surface area contributed by atoms with Crippen molar-refractivity contribution in [3.05, 3.63) is 57.6 Å². The van der Waals surface area contributed by atoms with Crippen LogP contribution in [0, 0.1) is 0 Å². The van der Waals surface area contributed by atoms with Crippen molar-refractivity contribution >= 4 is 29.4 Å². The van der Waals surface area contributed by atoms with Crippen molar-refractivity contribution in [1.82, 2.24) is 5.43 Å². The molecule has 0 fully saturated rings. The van der Waals surface area contributed by atoms with Gasteiger partial charge in [0.25, 0.3) is 0 Å². The van der Waals surface area contributed by atoms with Crippen molar-refractivity contribution in [2.45, 2.75) is 33.4 Å². The van der Waals surface area contributed by atoms with E-state index in [1.165, 1.54) is 0 Å². The van der Waals surface area contributed by atoms with Gasteiger partial charge in [-0.1, -0.05) is 29.3 Å². The third kappa shape index (κ3) is 5.83. The Balaban J connectivity index is 2.04. The first-order valence-corrected chi connectivity index (χ1v) is 8.89. The van der Waals surface area contributed by atoms with Crippen LogP contribution >= 0.6 is 23.2 Å². The second kappa shape index (κ2) is 9.54. The maximum absolute atomic E-state index is 6.13. The van der Waals surface area contributed by atoms with Crippen LogP contribution in [0.2, 0.25) is 10.0 Å². The molecule has 0 radical (unpaired) electrons. The maximum Gasteiger partial charge on any atom is 0.161 e. The SMILES string of the molecule is CCOc1cc(/C=N/NCc2c(Cl)cccc2Cl)ccc1OC(C)C. The summed E-state index contributed by atoms with van der Waals surface area (Å²) in [7, 11) is 0. The average Bonchev–Trinajstić information content (AvgIpc) is 2.56. The molecule has 25 heavy (non-hydrogen) atoms. The molecule has 2 aromatic rings. The number of rotatable bonds is 8. The van der Waals surface area contributed by atoms with Crippen molar-refractivity contribution in [3.63, 3.8) is 0 Å². The molecule has 6 heteroatoms. The molecule has 0 bridgehead atoms. The van der Waals surface area contributed by atoms with E-state index in [-0.39, 0.29) is 6.10 Å². The molecule has 4 nitrogen and oxygen atoms in total. The Hall–Kier alpha value is -1.91. The van der Waals surface area contributed by atoms with Crippen LogP contribution in [-0.4, -0.2) is 18.9 Å². The lowest BCUT2D eigenvalue weighted by atomic mass is 10.2. The molecule has 1 N–H and O–H groups in total. The van der Waals surface area contributed by atoms with Crippen LogP contribution < -0.4 is 14.9 Å². The van der Waals surface area contributed by atoms with E-state index in [1.807, 2.05) is 45.0 Å². The van der Waals surface area contributed by atoms with Gasteiger partial charge in [0.05, 0.1) is 25.5 Å². The van der Waals surface area contributed by atoms with Gasteiger partial charge in [-0.3, -0.25) is 0 Å². The van der Waals surface area contributed by atoms with Crippen LogP contribution in [0.15, 0.2) is 41.5 Å². The second-order valence-electron chi connectivity index (χ2n) is 5.60. The molecule has 0 unspecified atom stereocenters. The normalized spacial score (nSPS) is 11.1. The Bertz CT molecular complexity index is 713. The summed E-state index contributed by atoms with van der Waals surface area (Å²) in [6, 6.07) is 11.1. The van der Waals surface area contributed by atoms with Gasteiger partial charge in [-0.25, -0.2) is 0 Å². The lowest BCUT2D eigenvalue weighted by molar-refractivity contribution is 0.224. The summed E-state index contributed by atoms with van der Waals surface area (Å²) in [5.74, 6) is 1.43. The van der Waals surface area contributed by atoms with Crippen LogP contribution in [0.1, 0.15) is 31.9 Å². The Kier molecular flexibility index (Phi) is 7.41. The van der Waals surface area contributed by atoms with E-state index in [2.05, 4.69) is 10.5 Å². The minimum absolute atomic E-state index is 0.0840. The minimum Gasteiger partial charge on any atom is -0.490 e. The Morgan fingerprint density at radius 2 is 1.84 bits per heavy atom. The van der Waals surface area contributed by atoms with Crippen molar-refractivity contribution in [2.75, 3.05) is 6.61 Å². The first-order chi connectivity index (χ1) is 12.0. The van der Waals surface area contributed by atoms with Crippen molar-refractivity contribution in [2.24, 2.45) is 5.10 Å². The highest BCUT2D eigenvalue weighted by Gasteiger charge is 2.08. The number of nitrogens with one attached hydrogen (secondary N) is 1. The summed E-state index contributed by atoms with van der Waals surface area (Å²) >= 11 is 12.3. The molecule has 0 spiro atoms. The minimum atomic E-state index is 0.0840. The molecule has 2 rings (SSSR count). The molecular formula is C19H22Cl2N2O2. The van der Waals surface area contributed by atoms with Crippen molar-refractivity contribution in [3.8, 4) is 11.5 Å². The zero-order valence-corrected chi connectivity index (χ0v) is 16.1. The quantitative estimate of drug-likeness (QED) is 0.498. The number of ether oxygens (including phenoxy) is 2. The number of halogens is 2. The highest BCUT2D eigenvalue weighted by molar-refractivity contribution is 6.35. The van der Waals surface area contributed by atoms with Gasteiger partial charge in [0.1, 0.15) is 0 Å². The molecule has 0 aromatic heterocycles. The van der Waals surface area contributed by atoms with Crippen LogP contribution in [0.25, 0.3) is 0 Å². The van der Waals surface area contributed by atoms with Crippen LogP contribution in [-0.2, 0) is 6.54 Å². The first-order valence-electron chi connectivity index (χ1n) is 8.13. The van der Waals surface area contributed by atoms with Gasteiger partial charge in [-0.05, 0) is 56.7 Å².